The molecular formula is C41H48NO9-. The van der Waals surface area contributed by atoms with Gasteiger partial charge in [0.1, 0.15) is 30.3 Å². The van der Waals surface area contributed by atoms with Crippen LogP contribution in [-0.2, 0) is 36.9 Å². The number of nitrogens with zero attached hydrogens (tertiary/aromatic N) is 1. The lowest BCUT2D eigenvalue weighted by atomic mass is 9.87. The number of benzene rings is 4. The van der Waals surface area contributed by atoms with Gasteiger partial charge in [-0.05, 0) is 78.1 Å². The summed E-state index contributed by atoms with van der Waals surface area (Å²) < 4.78 is 41.1. The first-order valence-electron chi connectivity index (χ1n) is 17.8. The first-order valence-corrected chi connectivity index (χ1v) is 17.8. The minimum absolute atomic E-state index is 0.0380. The van der Waals surface area contributed by atoms with Crippen molar-refractivity contribution in [3.63, 3.8) is 0 Å². The van der Waals surface area contributed by atoms with Crippen LogP contribution in [0, 0.1) is 0 Å². The zero-order valence-electron chi connectivity index (χ0n) is 29.5. The lowest BCUT2D eigenvalue weighted by molar-refractivity contribution is -0.268. The number of hydrogen-bond acceptors (Lipinski definition) is 9. The van der Waals surface area contributed by atoms with Crippen molar-refractivity contribution >= 4 is 16.9 Å². The molecule has 3 atom stereocenters. The van der Waals surface area contributed by atoms with E-state index in [9.17, 15) is 9.90 Å². The van der Waals surface area contributed by atoms with Crippen LogP contribution in [-0.4, -0.2) is 81.7 Å². The van der Waals surface area contributed by atoms with Crippen LogP contribution in [0.4, 0.5) is 4.79 Å². The quantitative estimate of drug-likeness (QED) is 0.121. The van der Waals surface area contributed by atoms with E-state index in [-0.39, 0.29) is 24.7 Å². The van der Waals surface area contributed by atoms with E-state index in [1.165, 1.54) is 4.90 Å². The Morgan fingerprint density at radius 2 is 1.59 bits per heavy atom. The van der Waals surface area contributed by atoms with E-state index in [1.807, 2.05) is 68.4 Å². The third kappa shape index (κ3) is 10.9. The summed E-state index contributed by atoms with van der Waals surface area (Å²) in [5, 5.41) is 13.9. The predicted molar refractivity (Wildman–Crippen MR) is 191 cm³/mol. The van der Waals surface area contributed by atoms with Crippen LogP contribution in [0.2, 0.25) is 0 Å². The Bertz CT molecular complexity index is 1680. The number of amides is 1. The van der Waals surface area contributed by atoms with Gasteiger partial charge in [-0.1, -0.05) is 60.7 Å². The fraction of sp³-hybridized carbons (Fsp3) is 0.439. The predicted octanol–water partition coefficient (Wildman–Crippen LogP) is 6.09. The van der Waals surface area contributed by atoms with Gasteiger partial charge in [0.05, 0.1) is 52.4 Å². The molecule has 0 N–H and O–H groups in total. The van der Waals surface area contributed by atoms with Gasteiger partial charge in [0.2, 0.25) is 0 Å². The van der Waals surface area contributed by atoms with Crippen molar-refractivity contribution in [1.29, 1.82) is 0 Å². The van der Waals surface area contributed by atoms with Crippen LogP contribution in [0.3, 0.4) is 0 Å². The molecule has 4 aromatic carbocycles. The van der Waals surface area contributed by atoms with E-state index >= 15 is 0 Å². The minimum Gasteiger partial charge on any atom is -0.530 e. The first kappa shape index (κ1) is 36.6. The summed E-state index contributed by atoms with van der Waals surface area (Å²) in [6.07, 6.45) is -0.120. The zero-order chi connectivity index (χ0) is 35.5. The van der Waals surface area contributed by atoms with E-state index in [0.717, 1.165) is 45.4 Å². The number of ether oxygens (including phenoxy) is 7. The third-order valence-corrected chi connectivity index (χ3v) is 9.15. The topological polar surface area (TPSA) is 108 Å². The second-order valence-electron chi connectivity index (χ2n) is 13.5. The van der Waals surface area contributed by atoms with Crippen molar-refractivity contribution in [3.05, 3.63) is 108 Å². The molecule has 6 rings (SSSR count). The van der Waals surface area contributed by atoms with Gasteiger partial charge in [-0.3, -0.25) is 0 Å². The van der Waals surface area contributed by atoms with Gasteiger partial charge in [0.15, 0.2) is 5.79 Å². The summed E-state index contributed by atoms with van der Waals surface area (Å²) in [6.45, 7) is 8.48. The molecule has 0 saturated carbocycles. The van der Waals surface area contributed by atoms with Crippen LogP contribution in [0.5, 0.6) is 11.5 Å². The highest BCUT2D eigenvalue weighted by Gasteiger charge is 2.33. The third-order valence-electron chi connectivity index (χ3n) is 9.15. The van der Waals surface area contributed by atoms with Crippen molar-refractivity contribution in [2.24, 2.45) is 0 Å². The SMILES string of the molecule is CC1(C)OCC(COCCOc2ccc3cc(COC4CN(C(=O)[O-])CCC4c4ccc(OCCCOCc5ccccc5)cc4)ccc3c2)O1. The molecule has 1 amide bonds. The Hall–Kier alpha value is -4.19. The van der Waals surface area contributed by atoms with Gasteiger partial charge in [-0.25, -0.2) is 0 Å². The first-order chi connectivity index (χ1) is 24.8. The second-order valence-corrected chi connectivity index (χ2v) is 13.5. The summed E-state index contributed by atoms with van der Waals surface area (Å²) in [5.41, 5.74) is 3.26. The van der Waals surface area contributed by atoms with Gasteiger partial charge in [0, 0.05) is 25.4 Å². The summed E-state index contributed by atoms with van der Waals surface area (Å²) in [5.74, 6) is 1.05. The molecule has 51 heavy (non-hydrogen) atoms. The number of hydrogen-bond donors (Lipinski definition) is 0. The van der Waals surface area contributed by atoms with Crippen molar-refractivity contribution in [3.8, 4) is 11.5 Å². The molecule has 2 aliphatic rings. The van der Waals surface area contributed by atoms with Crippen molar-refractivity contribution in [1.82, 2.24) is 4.90 Å². The largest absolute Gasteiger partial charge is 0.530 e. The average molecular weight is 699 g/mol. The lowest BCUT2D eigenvalue weighted by Crippen LogP contribution is -2.51. The molecular weight excluding hydrogens is 650 g/mol. The van der Waals surface area contributed by atoms with E-state index in [4.69, 9.17) is 33.2 Å². The fourth-order valence-corrected chi connectivity index (χ4v) is 6.49. The zero-order valence-corrected chi connectivity index (χ0v) is 29.5. The number of carbonyl (C=O) groups is 1. The molecule has 0 bridgehead atoms. The smallest absolute Gasteiger partial charge is 0.163 e. The van der Waals surface area contributed by atoms with Crippen LogP contribution >= 0.6 is 0 Å². The molecule has 0 spiro atoms. The number of likely N-dealkylation sites (tertiary alicyclic amines) is 1. The number of fused-ring (bicyclic) bond motifs is 1. The van der Waals surface area contributed by atoms with Gasteiger partial charge >= 0.3 is 0 Å². The van der Waals surface area contributed by atoms with E-state index in [2.05, 4.69) is 36.4 Å². The van der Waals surface area contributed by atoms with Crippen molar-refractivity contribution in [2.45, 2.75) is 63.8 Å². The Balaban J connectivity index is 0.967. The molecule has 0 aromatic heterocycles. The molecule has 0 aliphatic carbocycles. The maximum atomic E-state index is 11.8. The molecule has 2 aliphatic heterocycles. The molecule has 10 nitrogen and oxygen atoms in total. The maximum Gasteiger partial charge on any atom is 0.163 e. The number of piperidine rings is 1. The van der Waals surface area contributed by atoms with Crippen molar-refractivity contribution < 1.29 is 43.1 Å². The monoisotopic (exact) mass is 698 g/mol. The van der Waals surface area contributed by atoms with Crippen LogP contribution in [0.25, 0.3) is 10.8 Å². The molecule has 10 heteroatoms. The van der Waals surface area contributed by atoms with Crippen LogP contribution in [0.15, 0.2) is 91.0 Å². The molecule has 2 heterocycles. The van der Waals surface area contributed by atoms with Crippen LogP contribution in [0.1, 0.15) is 49.3 Å². The van der Waals surface area contributed by atoms with Crippen molar-refractivity contribution in [2.75, 3.05) is 52.7 Å². The second kappa shape index (κ2) is 17.8. The highest BCUT2D eigenvalue weighted by molar-refractivity contribution is 5.84. The molecule has 2 saturated heterocycles. The van der Waals surface area contributed by atoms with Crippen LogP contribution < -0.4 is 14.6 Å². The summed E-state index contributed by atoms with van der Waals surface area (Å²) >= 11 is 0. The molecule has 4 aromatic rings. The number of carbonyl (C=O) groups excluding carboxylic acids is 1. The molecule has 0 radical (unpaired) electrons. The Morgan fingerprint density at radius 1 is 0.824 bits per heavy atom. The molecule has 272 valence electrons. The Kier molecular flexibility index (Phi) is 12.8. The summed E-state index contributed by atoms with van der Waals surface area (Å²) in [6, 6.07) is 30.3. The van der Waals surface area contributed by atoms with E-state index < -0.39 is 11.9 Å². The van der Waals surface area contributed by atoms with E-state index in [1.54, 1.807) is 0 Å². The van der Waals surface area contributed by atoms with Gasteiger partial charge in [-0.2, -0.15) is 0 Å². The molecule has 2 fully saturated rings. The average Bonchev–Trinajstić information content (AvgIpc) is 3.50. The fourth-order valence-electron chi connectivity index (χ4n) is 6.49. The van der Waals surface area contributed by atoms with Gasteiger partial charge < -0.3 is 48.0 Å². The van der Waals surface area contributed by atoms with Gasteiger partial charge in [0.25, 0.3) is 0 Å². The highest BCUT2D eigenvalue weighted by atomic mass is 16.7. The normalized spacial score (nSPS) is 20.0. The Labute approximate surface area is 300 Å². The highest BCUT2D eigenvalue weighted by Crippen LogP contribution is 2.33. The van der Waals surface area contributed by atoms with E-state index in [0.29, 0.717) is 65.8 Å². The molecule has 3 unspecified atom stereocenters. The minimum atomic E-state index is -1.17. The summed E-state index contributed by atoms with van der Waals surface area (Å²) in [7, 11) is 0. The lowest BCUT2D eigenvalue weighted by Gasteiger charge is -2.40. The maximum absolute atomic E-state index is 11.8. The van der Waals surface area contributed by atoms with Gasteiger partial charge in [-0.15, -0.1) is 0 Å². The standard InChI is InChI=1S/C41H49NO9/c1-41(2)50-29-37(51-41)28-46-21-22-48-36-16-13-33-23-31(9-10-34(33)24-36)27-49-39-25-42(40(43)44)18-17-38(39)32-11-14-35(15-12-32)47-20-6-19-45-26-30-7-4-3-5-8-30/h3-5,7-16,23-24,37-39H,6,17-22,25-29H2,1-2H3,(H,43,44)/p-1. The summed E-state index contributed by atoms with van der Waals surface area (Å²) in [4.78, 5) is 13.1. The number of carboxylic acid groups (broad SMARTS) is 1. The Morgan fingerprint density at radius 3 is 2.37 bits per heavy atom. The number of rotatable bonds is 17.